The van der Waals surface area contributed by atoms with E-state index in [1.807, 2.05) is 23.9 Å². The van der Waals surface area contributed by atoms with Crippen LogP contribution in [0.15, 0.2) is 87.9 Å². The Morgan fingerprint density at radius 2 is 1.94 bits per heavy atom. The van der Waals surface area contributed by atoms with E-state index in [0.29, 0.717) is 12.0 Å². The van der Waals surface area contributed by atoms with Gasteiger partial charge in [-0.2, -0.15) is 0 Å². The highest BCUT2D eigenvalue weighted by Gasteiger charge is 2.36. The molecule has 3 atom stereocenters. The van der Waals surface area contributed by atoms with Crippen LogP contribution in [0.2, 0.25) is 0 Å². The lowest BCUT2D eigenvalue weighted by Crippen LogP contribution is -2.28. The quantitative estimate of drug-likeness (QED) is 0.230. The number of aryl methyl sites for hydroxylation is 1. The van der Waals surface area contributed by atoms with Gasteiger partial charge in [0.1, 0.15) is 0 Å². The first kappa shape index (κ1) is 27.4. The smallest absolute Gasteiger partial charge is 0.0452 e. The number of hydrogen-bond donors (Lipinski definition) is 0. The maximum absolute atomic E-state index is 4.54. The van der Waals surface area contributed by atoms with E-state index in [9.17, 15) is 0 Å². The van der Waals surface area contributed by atoms with Crippen LogP contribution in [0.1, 0.15) is 58.6 Å². The molecule has 0 radical (unpaired) electrons. The Balaban J connectivity index is 2.11. The van der Waals surface area contributed by atoms with Gasteiger partial charge in [-0.15, -0.1) is 0 Å². The molecule has 0 spiro atoms. The number of allylic oxidation sites excluding steroid dienone is 7. The normalized spacial score (nSPS) is 21.6. The van der Waals surface area contributed by atoms with Gasteiger partial charge in [0.05, 0.1) is 0 Å². The standard InChI is InChI=1S/C30H41NS2/c1-10-13-14-15-21(4)18-24(7)32-30(12-3)33-27-17-16-22(5)29(19-27)26(9)31-20-23(6)28(11-2)25(31)8/h10,12-17,19,23,25,28H,1,7,9,11,18,20H2,2-6,8H3/b14-13-,21-15+,30-12+. The molecule has 0 N–H and O–H groups in total. The van der Waals surface area contributed by atoms with Gasteiger partial charge in [0, 0.05) is 33.0 Å². The average Bonchev–Trinajstić information content (AvgIpc) is 3.07. The Morgan fingerprint density at radius 1 is 1.21 bits per heavy atom. The molecule has 0 amide bonds. The van der Waals surface area contributed by atoms with Crippen LogP contribution in [0.3, 0.4) is 0 Å². The van der Waals surface area contributed by atoms with Crippen molar-refractivity contribution in [2.75, 3.05) is 6.54 Å². The summed E-state index contributed by atoms with van der Waals surface area (Å²) in [7, 11) is 0. The van der Waals surface area contributed by atoms with Crippen molar-refractivity contribution in [1.82, 2.24) is 4.90 Å². The minimum absolute atomic E-state index is 0.538. The molecule has 0 bridgehead atoms. The average molecular weight is 480 g/mol. The van der Waals surface area contributed by atoms with Crippen LogP contribution in [0.5, 0.6) is 0 Å². The van der Waals surface area contributed by atoms with E-state index >= 15 is 0 Å². The molecule has 1 aromatic carbocycles. The molecule has 1 nitrogen and oxygen atoms in total. The Labute approximate surface area is 211 Å². The highest BCUT2D eigenvalue weighted by Crippen LogP contribution is 2.42. The monoisotopic (exact) mass is 479 g/mol. The molecule has 0 aliphatic carbocycles. The molecule has 3 unspecified atom stereocenters. The molecule has 1 aromatic rings. The number of likely N-dealkylation sites (tertiary alicyclic amines) is 1. The summed E-state index contributed by atoms with van der Waals surface area (Å²) in [6.07, 6.45) is 12.2. The van der Waals surface area contributed by atoms with Crippen LogP contribution in [0.4, 0.5) is 0 Å². The molecule has 1 fully saturated rings. The third-order valence-electron chi connectivity index (χ3n) is 6.47. The van der Waals surface area contributed by atoms with Crippen molar-refractivity contribution < 1.29 is 0 Å². The van der Waals surface area contributed by atoms with Crippen molar-refractivity contribution in [2.45, 2.75) is 65.3 Å². The zero-order valence-corrected chi connectivity index (χ0v) is 23.0. The maximum Gasteiger partial charge on any atom is 0.0452 e. The van der Waals surface area contributed by atoms with Gasteiger partial charge in [0.25, 0.3) is 0 Å². The summed E-state index contributed by atoms with van der Waals surface area (Å²) in [5, 5.41) is 0. The lowest BCUT2D eigenvalue weighted by molar-refractivity contribution is 0.327. The van der Waals surface area contributed by atoms with Gasteiger partial charge in [-0.05, 0) is 68.6 Å². The second kappa shape index (κ2) is 13.2. The summed E-state index contributed by atoms with van der Waals surface area (Å²) >= 11 is 3.58. The predicted octanol–water partition coefficient (Wildman–Crippen LogP) is 9.61. The molecule has 0 saturated carbocycles. The molecule has 33 heavy (non-hydrogen) atoms. The first-order chi connectivity index (χ1) is 15.7. The molecule has 1 heterocycles. The van der Waals surface area contributed by atoms with Gasteiger partial charge in [0.2, 0.25) is 0 Å². The van der Waals surface area contributed by atoms with Crippen molar-refractivity contribution >= 4 is 29.2 Å². The highest BCUT2D eigenvalue weighted by molar-refractivity contribution is 8.24. The van der Waals surface area contributed by atoms with E-state index in [2.05, 4.69) is 96.5 Å². The van der Waals surface area contributed by atoms with Crippen LogP contribution >= 0.6 is 23.5 Å². The lowest BCUT2D eigenvalue weighted by atomic mass is 9.90. The van der Waals surface area contributed by atoms with E-state index in [1.165, 1.54) is 32.3 Å². The number of benzene rings is 1. The molecule has 1 saturated heterocycles. The van der Waals surface area contributed by atoms with Gasteiger partial charge < -0.3 is 4.90 Å². The summed E-state index contributed by atoms with van der Waals surface area (Å²) in [6, 6.07) is 7.31. The minimum Gasteiger partial charge on any atom is -0.368 e. The summed E-state index contributed by atoms with van der Waals surface area (Å²) in [6.45, 7) is 27.1. The zero-order valence-electron chi connectivity index (χ0n) is 21.4. The molecular formula is C30H41NS2. The van der Waals surface area contributed by atoms with Crippen molar-refractivity contribution in [1.29, 1.82) is 0 Å². The largest absolute Gasteiger partial charge is 0.368 e. The van der Waals surface area contributed by atoms with E-state index in [4.69, 9.17) is 0 Å². The summed E-state index contributed by atoms with van der Waals surface area (Å²) in [5.74, 6) is 1.45. The molecule has 3 heteroatoms. The Hall–Kier alpha value is -1.84. The zero-order chi connectivity index (χ0) is 24.5. The van der Waals surface area contributed by atoms with E-state index in [1.54, 1.807) is 17.8 Å². The Kier molecular flexibility index (Phi) is 10.9. The maximum atomic E-state index is 4.54. The van der Waals surface area contributed by atoms with Crippen LogP contribution in [-0.2, 0) is 0 Å². The summed E-state index contributed by atoms with van der Waals surface area (Å²) in [5.41, 5.74) is 5.01. The molecule has 1 aliphatic heterocycles. The van der Waals surface area contributed by atoms with Gasteiger partial charge in [0.15, 0.2) is 0 Å². The van der Waals surface area contributed by atoms with Gasteiger partial charge in [-0.1, -0.05) is 106 Å². The van der Waals surface area contributed by atoms with Gasteiger partial charge in [-0.25, -0.2) is 0 Å². The Bertz CT molecular complexity index is 950. The van der Waals surface area contributed by atoms with Crippen LogP contribution in [0.25, 0.3) is 5.70 Å². The Morgan fingerprint density at radius 3 is 2.55 bits per heavy atom. The summed E-state index contributed by atoms with van der Waals surface area (Å²) < 4.78 is 1.25. The van der Waals surface area contributed by atoms with E-state index in [0.717, 1.165) is 29.5 Å². The fourth-order valence-corrected chi connectivity index (χ4v) is 6.82. The first-order valence-corrected chi connectivity index (χ1v) is 13.6. The number of hydrogen-bond acceptors (Lipinski definition) is 3. The minimum atomic E-state index is 0.538. The van der Waals surface area contributed by atoms with Crippen molar-refractivity contribution in [3.63, 3.8) is 0 Å². The first-order valence-electron chi connectivity index (χ1n) is 11.9. The second-order valence-corrected chi connectivity index (χ2v) is 11.6. The topological polar surface area (TPSA) is 3.24 Å². The van der Waals surface area contributed by atoms with Crippen molar-refractivity contribution in [3.05, 3.63) is 94.2 Å². The van der Waals surface area contributed by atoms with Crippen LogP contribution in [-0.4, -0.2) is 17.5 Å². The molecular weight excluding hydrogens is 438 g/mol. The molecule has 178 valence electrons. The van der Waals surface area contributed by atoms with E-state index in [-0.39, 0.29) is 0 Å². The van der Waals surface area contributed by atoms with E-state index < -0.39 is 0 Å². The highest BCUT2D eigenvalue weighted by atomic mass is 32.2. The fourth-order valence-electron chi connectivity index (χ4n) is 4.65. The van der Waals surface area contributed by atoms with Crippen molar-refractivity contribution in [3.8, 4) is 0 Å². The molecule has 0 aromatic heterocycles. The number of rotatable bonds is 11. The van der Waals surface area contributed by atoms with Crippen LogP contribution < -0.4 is 0 Å². The third-order valence-corrected chi connectivity index (χ3v) is 8.76. The molecule has 2 rings (SSSR count). The lowest BCUT2D eigenvalue weighted by Gasteiger charge is -2.29. The van der Waals surface area contributed by atoms with Crippen LogP contribution in [0, 0.1) is 18.8 Å². The van der Waals surface area contributed by atoms with Gasteiger partial charge >= 0.3 is 0 Å². The third kappa shape index (κ3) is 7.58. The fraction of sp³-hybridized carbons (Fsp3) is 0.400. The molecule has 1 aliphatic rings. The SMILES string of the molecule is C=C/C=C\C=C(/C)CC(=C)S/C(=C\C)Sc1ccc(C)c(C(=C)N2CC(C)C(CC)C2C)c1. The van der Waals surface area contributed by atoms with Crippen molar-refractivity contribution in [2.24, 2.45) is 11.8 Å². The van der Waals surface area contributed by atoms with Gasteiger partial charge in [-0.3, -0.25) is 0 Å². The summed E-state index contributed by atoms with van der Waals surface area (Å²) in [4.78, 5) is 4.93. The number of nitrogens with zero attached hydrogens (tertiary/aromatic N) is 1. The second-order valence-electron chi connectivity index (χ2n) is 9.03. The predicted molar refractivity (Wildman–Crippen MR) is 153 cm³/mol. The number of thioether (sulfide) groups is 2.